The minimum absolute atomic E-state index is 0.442. The second kappa shape index (κ2) is 6.28. The molecule has 0 radical (unpaired) electrons. The zero-order valence-electron chi connectivity index (χ0n) is 9.78. The second-order valence-corrected chi connectivity index (χ2v) is 5.08. The molecule has 0 aliphatic carbocycles. The summed E-state index contributed by atoms with van der Waals surface area (Å²) in [6.45, 7) is 3.38. The molecule has 0 fully saturated rings. The lowest BCUT2D eigenvalue weighted by Gasteiger charge is -2.03. The molecule has 5 heteroatoms. The summed E-state index contributed by atoms with van der Waals surface area (Å²) in [5.41, 5.74) is 0. The molecule has 2 heterocycles. The second-order valence-electron chi connectivity index (χ2n) is 3.83. The molecular weight excluding hydrogens is 256 g/mol. The summed E-state index contributed by atoms with van der Waals surface area (Å²) < 4.78 is 5.52. The van der Waals surface area contributed by atoms with Crippen LogP contribution in [0.2, 0.25) is 5.15 Å². The summed E-state index contributed by atoms with van der Waals surface area (Å²) in [7, 11) is 0. The SMILES string of the molecule is CCCCCOCc1nc(Cl)c2ccsc2n1. The van der Waals surface area contributed by atoms with E-state index in [4.69, 9.17) is 16.3 Å². The van der Waals surface area contributed by atoms with Gasteiger partial charge in [0, 0.05) is 12.0 Å². The smallest absolute Gasteiger partial charge is 0.157 e. The molecule has 92 valence electrons. The average molecular weight is 271 g/mol. The molecule has 2 aromatic heterocycles. The third-order valence-corrected chi connectivity index (χ3v) is 3.54. The van der Waals surface area contributed by atoms with Crippen molar-refractivity contribution in [2.75, 3.05) is 6.61 Å². The Morgan fingerprint density at radius 2 is 2.24 bits per heavy atom. The van der Waals surface area contributed by atoms with Crippen LogP contribution >= 0.6 is 22.9 Å². The third kappa shape index (κ3) is 3.37. The molecule has 0 saturated carbocycles. The molecule has 0 atom stereocenters. The molecular formula is C12H15ClN2OS. The summed E-state index contributed by atoms with van der Waals surface area (Å²) in [6, 6.07) is 1.94. The van der Waals surface area contributed by atoms with E-state index in [-0.39, 0.29) is 0 Å². The summed E-state index contributed by atoms with van der Waals surface area (Å²) in [5.74, 6) is 0.668. The summed E-state index contributed by atoms with van der Waals surface area (Å²) in [5, 5.41) is 3.41. The van der Waals surface area contributed by atoms with E-state index in [0.717, 1.165) is 23.2 Å². The zero-order chi connectivity index (χ0) is 12.1. The number of hydrogen-bond donors (Lipinski definition) is 0. The highest BCUT2D eigenvalue weighted by atomic mass is 35.5. The van der Waals surface area contributed by atoms with Crippen LogP contribution < -0.4 is 0 Å². The van der Waals surface area contributed by atoms with Crippen LogP contribution in [-0.4, -0.2) is 16.6 Å². The van der Waals surface area contributed by atoms with Crippen molar-refractivity contribution in [1.82, 2.24) is 9.97 Å². The quantitative estimate of drug-likeness (QED) is 0.587. The van der Waals surface area contributed by atoms with Gasteiger partial charge in [-0.2, -0.15) is 0 Å². The number of nitrogens with zero attached hydrogens (tertiary/aromatic N) is 2. The van der Waals surface area contributed by atoms with Crippen LogP contribution in [0.15, 0.2) is 11.4 Å². The Morgan fingerprint density at radius 1 is 1.35 bits per heavy atom. The van der Waals surface area contributed by atoms with E-state index in [1.54, 1.807) is 11.3 Å². The topological polar surface area (TPSA) is 35.0 Å². The highest BCUT2D eigenvalue weighted by Crippen LogP contribution is 2.24. The molecule has 0 amide bonds. The first-order valence-corrected chi connectivity index (χ1v) is 7.04. The largest absolute Gasteiger partial charge is 0.373 e. The number of rotatable bonds is 6. The molecule has 17 heavy (non-hydrogen) atoms. The van der Waals surface area contributed by atoms with Gasteiger partial charge < -0.3 is 4.74 Å². The molecule has 3 nitrogen and oxygen atoms in total. The number of halogens is 1. The predicted molar refractivity (Wildman–Crippen MR) is 71.6 cm³/mol. The number of aromatic nitrogens is 2. The van der Waals surface area contributed by atoms with Crippen LogP contribution in [0.1, 0.15) is 32.0 Å². The van der Waals surface area contributed by atoms with Gasteiger partial charge in [0.15, 0.2) is 5.82 Å². The molecule has 2 rings (SSSR count). The van der Waals surface area contributed by atoms with E-state index in [9.17, 15) is 0 Å². The fraction of sp³-hybridized carbons (Fsp3) is 0.500. The zero-order valence-corrected chi connectivity index (χ0v) is 11.4. The Kier molecular flexibility index (Phi) is 4.71. The Bertz CT molecular complexity index is 486. The lowest BCUT2D eigenvalue weighted by molar-refractivity contribution is 0.112. The standard InChI is InChI=1S/C12H15ClN2OS/c1-2-3-4-6-16-8-10-14-11(13)9-5-7-17-12(9)15-10/h5,7H,2-4,6,8H2,1H3. The van der Waals surface area contributed by atoms with E-state index in [0.29, 0.717) is 17.6 Å². The van der Waals surface area contributed by atoms with Crippen molar-refractivity contribution in [2.45, 2.75) is 32.8 Å². The van der Waals surface area contributed by atoms with Crippen molar-refractivity contribution in [3.63, 3.8) is 0 Å². The average Bonchev–Trinajstić information content (AvgIpc) is 2.77. The van der Waals surface area contributed by atoms with Gasteiger partial charge in [-0.25, -0.2) is 9.97 Å². The minimum Gasteiger partial charge on any atom is -0.373 e. The lowest BCUT2D eigenvalue weighted by atomic mass is 10.3. The molecule has 2 aromatic rings. The summed E-state index contributed by atoms with van der Waals surface area (Å²) in [6.07, 6.45) is 3.49. The number of thiophene rings is 1. The van der Waals surface area contributed by atoms with Crippen LogP contribution in [0.25, 0.3) is 10.2 Å². The molecule has 0 N–H and O–H groups in total. The van der Waals surface area contributed by atoms with Gasteiger partial charge in [-0.3, -0.25) is 0 Å². The maximum atomic E-state index is 6.07. The molecule has 0 saturated heterocycles. The third-order valence-electron chi connectivity index (χ3n) is 2.45. The molecule has 0 aliphatic heterocycles. The Labute approximate surface area is 110 Å². The van der Waals surface area contributed by atoms with Gasteiger partial charge in [-0.1, -0.05) is 31.4 Å². The number of hydrogen-bond acceptors (Lipinski definition) is 4. The maximum absolute atomic E-state index is 6.07. The molecule has 0 spiro atoms. The fourth-order valence-electron chi connectivity index (χ4n) is 1.54. The van der Waals surface area contributed by atoms with Gasteiger partial charge in [-0.05, 0) is 17.9 Å². The predicted octanol–water partition coefficient (Wildman–Crippen LogP) is 4.05. The molecule has 0 aliphatic rings. The Hall–Kier alpha value is -0.710. The monoisotopic (exact) mass is 270 g/mol. The fourth-order valence-corrected chi connectivity index (χ4v) is 2.63. The highest BCUT2D eigenvalue weighted by Gasteiger charge is 2.06. The first-order chi connectivity index (χ1) is 8.31. The van der Waals surface area contributed by atoms with Crippen molar-refractivity contribution in [2.24, 2.45) is 0 Å². The minimum atomic E-state index is 0.442. The number of ether oxygens (including phenoxy) is 1. The van der Waals surface area contributed by atoms with E-state index < -0.39 is 0 Å². The van der Waals surface area contributed by atoms with Crippen LogP contribution in [-0.2, 0) is 11.3 Å². The summed E-state index contributed by atoms with van der Waals surface area (Å²) in [4.78, 5) is 9.57. The van der Waals surface area contributed by atoms with E-state index in [1.165, 1.54) is 12.8 Å². The summed E-state index contributed by atoms with van der Waals surface area (Å²) >= 11 is 7.64. The number of unbranched alkanes of at least 4 members (excludes halogenated alkanes) is 2. The van der Waals surface area contributed by atoms with Gasteiger partial charge in [0.1, 0.15) is 16.6 Å². The van der Waals surface area contributed by atoms with Gasteiger partial charge in [0.25, 0.3) is 0 Å². The van der Waals surface area contributed by atoms with E-state index >= 15 is 0 Å². The lowest BCUT2D eigenvalue weighted by Crippen LogP contribution is -2.00. The van der Waals surface area contributed by atoms with E-state index in [1.807, 2.05) is 11.4 Å². The first kappa shape index (κ1) is 12.7. The van der Waals surface area contributed by atoms with Crippen LogP contribution in [0.4, 0.5) is 0 Å². The van der Waals surface area contributed by atoms with Crippen molar-refractivity contribution in [3.8, 4) is 0 Å². The van der Waals surface area contributed by atoms with Gasteiger partial charge in [0.05, 0.1) is 0 Å². The van der Waals surface area contributed by atoms with Crippen LogP contribution in [0.3, 0.4) is 0 Å². The van der Waals surface area contributed by atoms with Crippen molar-refractivity contribution in [3.05, 3.63) is 22.4 Å². The molecule has 0 unspecified atom stereocenters. The normalized spacial score (nSPS) is 11.2. The van der Waals surface area contributed by atoms with E-state index in [2.05, 4.69) is 16.9 Å². The highest BCUT2D eigenvalue weighted by molar-refractivity contribution is 7.16. The van der Waals surface area contributed by atoms with Gasteiger partial charge in [0.2, 0.25) is 0 Å². The first-order valence-electron chi connectivity index (χ1n) is 5.78. The van der Waals surface area contributed by atoms with Crippen LogP contribution in [0.5, 0.6) is 0 Å². The van der Waals surface area contributed by atoms with Crippen molar-refractivity contribution >= 4 is 33.2 Å². The van der Waals surface area contributed by atoms with Gasteiger partial charge >= 0.3 is 0 Å². The maximum Gasteiger partial charge on any atom is 0.157 e. The molecule has 0 aromatic carbocycles. The molecule has 0 bridgehead atoms. The van der Waals surface area contributed by atoms with Crippen LogP contribution in [0, 0.1) is 0 Å². The van der Waals surface area contributed by atoms with Gasteiger partial charge in [-0.15, -0.1) is 11.3 Å². The number of fused-ring (bicyclic) bond motifs is 1. The Morgan fingerprint density at radius 3 is 3.06 bits per heavy atom. The Balaban J connectivity index is 1.94. The van der Waals surface area contributed by atoms with Crippen molar-refractivity contribution in [1.29, 1.82) is 0 Å². The van der Waals surface area contributed by atoms with Crippen molar-refractivity contribution < 1.29 is 4.74 Å².